The molecule has 0 spiro atoms. The largest absolute Gasteiger partial charge is 0.484 e. The van der Waals surface area contributed by atoms with Crippen LogP contribution in [-0.2, 0) is 0 Å². The van der Waals surface area contributed by atoms with E-state index >= 15 is 0 Å². The van der Waals surface area contributed by atoms with Gasteiger partial charge < -0.3 is 10.5 Å². The molecule has 0 atom stereocenters. The summed E-state index contributed by atoms with van der Waals surface area (Å²) in [6, 6.07) is 0. The van der Waals surface area contributed by atoms with E-state index in [1.54, 1.807) is 0 Å². The number of aromatic nitrogens is 1. The van der Waals surface area contributed by atoms with Gasteiger partial charge in [0.1, 0.15) is 17.8 Å². The number of halogens is 1. The number of nitrogens with two attached hydrogens (primary N) is 1. The zero-order valence-electron chi connectivity index (χ0n) is 10.4. The molecule has 0 bridgehead atoms. The lowest BCUT2D eigenvalue weighted by Crippen LogP contribution is -2.44. The molecule has 0 aliphatic rings. The number of nitrogens with zero attached hydrogens (tertiary/aromatic N) is 2. The summed E-state index contributed by atoms with van der Waals surface area (Å²) in [5.74, 6) is 0.0217. The molecule has 18 heavy (non-hydrogen) atoms. The highest BCUT2D eigenvalue weighted by Crippen LogP contribution is 2.34. The van der Waals surface area contributed by atoms with Gasteiger partial charge in [0.05, 0.1) is 4.92 Å². The highest BCUT2D eigenvalue weighted by atomic mass is 35.5. The third kappa shape index (κ3) is 3.30. The molecule has 0 radical (unpaired) electrons. The third-order valence-corrected chi connectivity index (χ3v) is 3.21. The van der Waals surface area contributed by atoms with Gasteiger partial charge in [-0.25, -0.2) is 0 Å². The lowest BCUT2D eigenvalue weighted by atomic mass is 9.96. The van der Waals surface area contributed by atoms with E-state index in [0.717, 1.165) is 6.20 Å². The molecule has 100 valence electrons. The zero-order chi connectivity index (χ0) is 13.8. The van der Waals surface area contributed by atoms with Crippen molar-refractivity contribution in [2.45, 2.75) is 32.2 Å². The van der Waals surface area contributed by atoms with Gasteiger partial charge in [-0.2, -0.15) is 0 Å². The van der Waals surface area contributed by atoms with Crippen LogP contribution in [0.5, 0.6) is 5.75 Å². The summed E-state index contributed by atoms with van der Waals surface area (Å²) in [7, 11) is 0. The summed E-state index contributed by atoms with van der Waals surface area (Å²) < 4.78 is 5.44. The van der Waals surface area contributed by atoms with Gasteiger partial charge >= 0.3 is 5.69 Å². The normalized spacial score (nSPS) is 11.3. The van der Waals surface area contributed by atoms with Crippen molar-refractivity contribution in [1.29, 1.82) is 0 Å². The van der Waals surface area contributed by atoms with Crippen LogP contribution in [0.2, 0.25) is 5.02 Å². The van der Waals surface area contributed by atoms with Crippen molar-refractivity contribution < 1.29 is 9.66 Å². The fourth-order valence-electron chi connectivity index (χ4n) is 1.36. The molecule has 0 saturated heterocycles. The Hall–Kier alpha value is -1.40. The van der Waals surface area contributed by atoms with Crippen LogP contribution >= 0.6 is 11.6 Å². The van der Waals surface area contributed by atoms with E-state index in [0.29, 0.717) is 12.8 Å². The molecule has 0 saturated carbocycles. The maximum Gasteiger partial charge on any atom is 0.330 e. The molecule has 1 aromatic rings. The van der Waals surface area contributed by atoms with E-state index in [9.17, 15) is 10.1 Å². The predicted octanol–water partition coefficient (Wildman–Crippen LogP) is 2.54. The molecule has 7 heteroatoms. The molecule has 0 aromatic carbocycles. The van der Waals surface area contributed by atoms with Crippen LogP contribution in [-0.4, -0.2) is 22.1 Å². The SMILES string of the molecule is CCC(N)(CC)COc1c(Cl)cncc1[N+](=O)[O-]. The fourth-order valence-corrected chi connectivity index (χ4v) is 1.56. The van der Waals surface area contributed by atoms with E-state index in [4.69, 9.17) is 22.1 Å². The van der Waals surface area contributed by atoms with Crippen molar-refractivity contribution >= 4 is 17.3 Å². The van der Waals surface area contributed by atoms with Crippen LogP contribution in [0.15, 0.2) is 12.4 Å². The smallest absolute Gasteiger partial charge is 0.330 e. The summed E-state index contributed by atoms with van der Waals surface area (Å²) >= 11 is 5.86. The summed E-state index contributed by atoms with van der Waals surface area (Å²) in [6.07, 6.45) is 3.83. The van der Waals surface area contributed by atoms with Crippen LogP contribution in [0.4, 0.5) is 5.69 Å². The molecule has 0 aliphatic carbocycles. The van der Waals surface area contributed by atoms with E-state index in [1.807, 2.05) is 13.8 Å². The molecule has 0 aliphatic heterocycles. The number of hydrogen-bond acceptors (Lipinski definition) is 5. The van der Waals surface area contributed by atoms with Gasteiger partial charge in [-0.05, 0) is 12.8 Å². The van der Waals surface area contributed by atoms with E-state index in [2.05, 4.69) is 4.98 Å². The van der Waals surface area contributed by atoms with Crippen molar-refractivity contribution in [3.63, 3.8) is 0 Å². The Kier molecular flexibility index (Phi) is 4.86. The molecule has 2 N–H and O–H groups in total. The third-order valence-electron chi connectivity index (χ3n) is 2.94. The molecule has 1 rings (SSSR count). The number of ether oxygens (including phenoxy) is 1. The first kappa shape index (κ1) is 14.7. The molecular weight excluding hydrogens is 258 g/mol. The first-order valence-electron chi connectivity index (χ1n) is 5.63. The summed E-state index contributed by atoms with van der Waals surface area (Å²) in [6.45, 7) is 4.05. The minimum absolute atomic E-state index is 0.0217. The average Bonchev–Trinajstić information content (AvgIpc) is 2.36. The number of pyridine rings is 1. The first-order chi connectivity index (χ1) is 8.43. The van der Waals surface area contributed by atoms with Gasteiger partial charge in [0.2, 0.25) is 5.75 Å². The van der Waals surface area contributed by atoms with Crippen LogP contribution in [0.1, 0.15) is 26.7 Å². The first-order valence-corrected chi connectivity index (χ1v) is 6.01. The van der Waals surface area contributed by atoms with Gasteiger partial charge in [-0.15, -0.1) is 0 Å². The maximum absolute atomic E-state index is 10.8. The van der Waals surface area contributed by atoms with E-state index in [1.165, 1.54) is 6.20 Å². The Labute approximate surface area is 110 Å². The highest BCUT2D eigenvalue weighted by Gasteiger charge is 2.25. The topological polar surface area (TPSA) is 91.3 Å². The molecule has 6 nitrogen and oxygen atoms in total. The second kappa shape index (κ2) is 5.97. The van der Waals surface area contributed by atoms with E-state index < -0.39 is 10.5 Å². The monoisotopic (exact) mass is 273 g/mol. The van der Waals surface area contributed by atoms with Gasteiger partial charge in [-0.3, -0.25) is 15.1 Å². The second-order valence-corrected chi connectivity index (χ2v) is 4.49. The highest BCUT2D eigenvalue weighted by molar-refractivity contribution is 6.32. The van der Waals surface area contributed by atoms with Crippen LogP contribution in [0.25, 0.3) is 0 Å². The average molecular weight is 274 g/mol. The van der Waals surface area contributed by atoms with Crippen LogP contribution < -0.4 is 10.5 Å². The van der Waals surface area contributed by atoms with Crippen LogP contribution in [0, 0.1) is 10.1 Å². The lowest BCUT2D eigenvalue weighted by Gasteiger charge is -2.26. The van der Waals surface area contributed by atoms with Crippen molar-refractivity contribution in [2.24, 2.45) is 5.73 Å². The Morgan fingerprint density at radius 2 is 2.11 bits per heavy atom. The quantitative estimate of drug-likeness (QED) is 0.635. The Morgan fingerprint density at radius 1 is 1.50 bits per heavy atom. The minimum atomic E-state index is -0.579. The second-order valence-electron chi connectivity index (χ2n) is 4.08. The minimum Gasteiger partial charge on any atom is -0.484 e. The lowest BCUT2D eigenvalue weighted by molar-refractivity contribution is -0.386. The van der Waals surface area contributed by atoms with Crippen molar-refractivity contribution in [3.8, 4) is 5.75 Å². The van der Waals surface area contributed by atoms with Gasteiger partial charge in [0.15, 0.2) is 0 Å². The fraction of sp³-hybridized carbons (Fsp3) is 0.545. The maximum atomic E-state index is 10.8. The Bertz CT molecular complexity index is 436. The van der Waals surface area contributed by atoms with Crippen LogP contribution in [0.3, 0.4) is 0 Å². The van der Waals surface area contributed by atoms with E-state index in [-0.39, 0.29) is 23.1 Å². The zero-order valence-corrected chi connectivity index (χ0v) is 11.1. The number of nitro groups is 1. The standard InChI is InChI=1S/C11H16ClN3O3/c1-3-11(13,4-2)7-18-10-8(12)5-14-6-9(10)15(16)17/h5-6H,3-4,7,13H2,1-2H3. The van der Waals surface area contributed by atoms with Gasteiger partial charge in [0.25, 0.3) is 0 Å². The molecule has 0 fully saturated rings. The Balaban J connectivity index is 2.94. The summed E-state index contributed by atoms with van der Waals surface area (Å²) in [5, 5.41) is 10.9. The molecule has 0 amide bonds. The Morgan fingerprint density at radius 3 is 2.61 bits per heavy atom. The number of rotatable bonds is 6. The molecule has 0 unspecified atom stereocenters. The van der Waals surface area contributed by atoms with Crippen molar-refractivity contribution in [3.05, 3.63) is 27.5 Å². The van der Waals surface area contributed by atoms with Crippen molar-refractivity contribution in [1.82, 2.24) is 4.98 Å². The van der Waals surface area contributed by atoms with Gasteiger partial charge in [-0.1, -0.05) is 25.4 Å². The molecular formula is C11H16ClN3O3. The molecule has 1 heterocycles. The summed E-state index contributed by atoms with van der Waals surface area (Å²) in [4.78, 5) is 13.9. The molecule has 1 aromatic heterocycles. The van der Waals surface area contributed by atoms with Crippen molar-refractivity contribution in [2.75, 3.05) is 6.61 Å². The summed E-state index contributed by atoms with van der Waals surface area (Å²) in [5.41, 5.74) is 5.30. The number of hydrogen-bond donors (Lipinski definition) is 1. The van der Waals surface area contributed by atoms with Gasteiger partial charge in [0, 0.05) is 11.7 Å². The predicted molar refractivity (Wildman–Crippen MR) is 68.9 cm³/mol.